The van der Waals surface area contributed by atoms with Crippen molar-refractivity contribution in [1.29, 1.82) is 0 Å². The molecule has 0 saturated carbocycles. The Bertz CT molecular complexity index is 609. The molecule has 1 aromatic rings. The molecule has 0 atom stereocenters. The van der Waals surface area contributed by atoms with Gasteiger partial charge in [0.05, 0.1) is 5.69 Å². The largest absolute Gasteiger partial charge is 0.476 e. The maximum atomic E-state index is 12.4. The lowest BCUT2D eigenvalue weighted by Crippen LogP contribution is -2.53. The van der Waals surface area contributed by atoms with Crippen LogP contribution in [-0.4, -0.2) is 28.0 Å². The zero-order chi connectivity index (χ0) is 15.8. The van der Waals surface area contributed by atoms with E-state index in [0.29, 0.717) is 11.4 Å². The number of hydrogen-bond donors (Lipinski definition) is 2. The Hall–Kier alpha value is -1.40. The maximum Gasteiger partial charge on any atom is 0.471 e. The van der Waals surface area contributed by atoms with Gasteiger partial charge in [-0.25, -0.2) is 4.57 Å². The van der Waals surface area contributed by atoms with Gasteiger partial charge in [0.15, 0.2) is 5.60 Å². The van der Waals surface area contributed by atoms with Crippen LogP contribution in [0.3, 0.4) is 0 Å². The van der Waals surface area contributed by atoms with Crippen molar-refractivity contribution in [3.63, 3.8) is 0 Å². The number of hydrogen-bond acceptors (Lipinski definition) is 4. The van der Waals surface area contributed by atoms with Gasteiger partial charge in [0.25, 0.3) is 5.91 Å². The van der Waals surface area contributed by atoms with E-state index in [4.69, 9.17) is 14.5 Å². The number of phosphoric acid groups is 1. The van der Waals surface area contributed by atoms with Crippen molar-refractivity contribution in [2.45, 2.75) is 32.8 Å². The predicted molar refractivity (Wildman–Crippen MR) is 76.0 cm³/mol. The first-order chi connectivity index (χ1) is 9.64. The predicted octanol–water partition coefficient (Wildman–Crippen LogP) is 1.82. The molecule has 1 aromatic carbocycles. The van der Waals surface area contributed by atoms with Crippen LogP contribution in [0.2, 0.25) is 0 Å². The van der Waals surface area contributed by atoms with Gasteiger partial charge in [-0.1, -0.05) is 13.0 Å². The summed E-state index contributed by atoms with van der Waals surface area (Å²) in [4.78, 5) is 31.3. The maximum absolute atomic E-state index is 12.4. The number of fused-ring (bicyclic) bond motifs is 1. The van der Waals surface area contributed by atoms with Gasteiger partial charge >= 0.3 is 7.82 Å². The summed E-state index contributed by atoms with van der Waals surface area (Å²) in [7, 11) is -4.67. The van der Waals surface area contributed by atoms with Gasteiger partial charge in [-0.05, 0) is 38.0 Å². The molecule has 8 heteroatoms. The molecule has 0 aliphatic carbocycles. The molecule has 0 saturated heterocycles. The number of carbonyl (C=O) groups is 1. The molecule has 1 aliphatic heterocycles. The molecule has 7 nitrogen and oxygen atoms in total. The topological polar surface area (TPSA) is 96.3 Å². The summed E-state index contributed by atoms with van der Waals surface area (Å²) < 4.78 is 21.0. The number of nitrogens with zero attached hydrogens (tertiary/aromatic N) is 1. The summed E-state index contributed by atoms with van der Waals surface area (Å²) in [6.45, 7) is 4.62. The quantitative estimate of drug-likeness (QED) is 0.823. The Morgan fingerprint density at radius 2 is 2.05 bits per heavy atom. The van der Waals surface area contributed by atoms with Gasteiger partial charge in [0.1, 0.15) is 12.5 Å². The van der Waals surface area contributed by atoms with Crippen LogP contribution < -0.4 is 9.64 Å². The zero-order valence-electron chi connectivity index (χ0n) is 12.1. The number of phosphoric ester groups is 1. The minimum atomic E-state index is -4.67. The summed E-state index contributed by atoms with van der Waals surface area (Å²) in [6, 6.07) is 5.38. The van der Waals surface area contributed by atoms with E-state index in [2.05, 4.69) is 4.52 Å². The SMILES string of the molecule is CCc1ccc2c(c1)N(COP(=O)(O)O)C(=O)C(C)(C)O2. The highest BCUT2D eigenvalue weighted by Gasteiger charge is 2.41. The summed E-state index contributed by atoms with van der Waals surface area (Å²) in [5.74, 6) is 0.0582. The van der Waals surface area contributed by atoms with E-state index in [-0.39, 0.29) is 0 Å². The van der Waals surface area contributed by atoms with Gasteiger partial charge in [-0.15, -0.1) is 0 Å². The summed E-state index contributed by atoms with van der Waals surface area (Å²) in [5.41, 5.74) is 0.303. The van der Waals surface area contributed by atoms with Crippen molar-refractivity contribution in [2.24, 2.45) is 0 Å². The molecule has 1 aliphatic rings. The minimum absolute atomic E-state index is 0.420. The number of rotatable bonds is 4. The van der Waals surface area contributed by atoms with E-state index in [1.54, 1.807) is 26.0 Å². The second kappa shape index (κ2) is 5.42. The molecule has 116 valence electrons. The van der Waals surface area contributed by atoms with Crippen LogP contribution in [0.15, 0.2) is 18.2 Å². The Kier molecular flexibility index (Phi) is 4.13. The zero-order valence-corrected chi connectivity index (χ0v) is 13.0. The van der Waals surface area contributed by atoms with E-state index in [1.807, 2.05) is 13.0 Å². The minimum Gasteiger partial charge on any atom is -0.476 e. The van der Waals surface area contributed by atoms with Gasteiger partial charge in [-0.3, -0.25) is 14.2 Å². The highest BCUT2D eigenvalue weighted by molar-refractivity contribution is 7.46. The highest BCUT2D eigenvalue weighted by Crippen LogP contribution is 2.41. The molecule has 1 heterocycles. The van der Waals surface area contributed by atoms with E-state index >= 15 is 0 Å². The van der Waals surface area contributed by atoms with Crippen LogP contribution in [0.5, 0.6) is 5.75 Å². The first-order valence-electron chi connectivity index (χ1n) is 6.48. The molecule has 1 amide bonds. The van der Waals surface area contributed by atoms with Crippen molar-refractivity contribution in [1.82, 2.24) is 0 Å². The van der Waals surface area contributed by atoms with Crippen molar-refractivity contribution < 1.29 is 28.4 Å². The van der Waals surface area contributed by atoms with Crippen molar-refractivity contribution in [3.8, 4) is 5.75 Å². The average molecular weight is 315 g/mol. The fraction of sp³-hybridized carbons (Fsp3) is 0.462. The summed E-state index contributed by atoms with van der Waals surface area (Å²) >= 11 is 0. The lowest BCUT2D eigenvalue weighted by Gasteiger charge is -2.38. The van der Waals surface area contributed by atoms with Crippen LogP contribution in [-0.2, 0) is 20.3 Å². The van der Waals surface area contributed by atoms with E-state index < -0.39 is 26.1 Å². The molecule has 0 bridgehead atoms. The highest BCUT2D eigenvalue weighted by atomic mass is 31.2. The van der Waals surface area contributed by atoms with Crippen LogP contribution in [0, 0.1) is 0 Å². The van der Waals surface area contributed by atoms with Crippen molar-refractivity contribution in [2.75, 3.05) is 11.6 Å². The Morgan fingerprint density at radius 3 is 2.62 bits per heavy atom. The molecule has 0 unspecified atom stereocenters. The first-order valence-corrected chi connectivity index (χ1v) is 8.01. The molecule has 21 heavy (non-hydrogen) atoms. The van der Waals surface area contributed by atoms with Crippen molar-refractivity contribution >= 4 is 19.4 Å². The van der Waals surface area contributed by atoms with Crippen LogP contribution >= 0.6 is 7.82 Å². The molecular weight excluding hydrogens is 297 g/mol. The normalized spacial score (nSPS) is 17.4. The van der Waals surface area contributed by atoms with E-state index in [1.165, 1.54) is 4.90 Å². The van der Waals surface area contributed by atoms with Gasteiger partial charge in [-0.2, -0.15) is 0 Å². The number of carbonyl (C=O) groups excluding carboxylic acids is 1. The molecule has 0 radical (unpaired) electrons. The third-order valence-electron chi connectivity index (χ3n) is 3.20. The lowest BCUT2D eigenvalue weighted by molar-refractivity contribution is -0.133. The second-order valence-electron chi connectivity index (χ2n) is 5.25. The summed E-state index contributed by atoms with van der Waals surface area (Å²) in [5, 5.41) is 0. The lowest BCUT2D eigenvalue weighted by atomic mass is 10.0. The van der Waals surface area contributed by atoms with Crippen molar-refractivity contribution in [3.05, 3.63) is 23.8 Å². The molecule has 0 spiro atoms. The van der Waals surface area contributed by atoms with Crippen LogP contribution in [0.1, 0.15) is 26.3 Å². The Morgan fingerprint density at radius 1 is 1.38 bits per heavy atom. The number of amides is 1. The van der Waals surface area contributed by atoms with E-state index in [9.17, 15) is 9.36 Å². The smallest absolute Gasteiger partial charge is 0.471 e. The third kappa shape index (κ3) is 3.44. The third-order valence-corrected chi connectivity index (χ3v) is 3.65. The summed E-state index contributed by atoms with van der Waals surface area (Å²) in [6.07, 6.45) is 0.762. The van der Waals surface area contributed by atoms with Crippen LogP contribution in [0.4, 0.5) is 5.69 Å². The van der Waals surface area contributed by atoms with Crippen LogP contribution in [0.25, 0.3) is 0 Å². The molecule has 2 rings (SSSR count). The average Bonchev–Trinajstić information content (AvgIpc) is 2.37. The number of benzene rings is 1. The monoisotopic (exact) mass is 315 g/mol. The molecule has 2 N–H and O–H groups in total. The second-order valence-corrected chi connectivity index (χ2v) is 6.49. The molecule has 0 aromatic heterocycles. The van der Waals surface area contributed by atoms with Gasteiger partial charge < -0.3 is 14.5 Å². The standard InChI is InChI=1S/C13H18NO6P/c1-4-9-5-6-11-10(7-9)14(8-19-21(16,17)18)12(15)13(2,3)20-11/h5-7H,4,8H2,1-3H3,(H2,16,17,18). The number of anilines is 1. The molecule has 0 fully saturated rings. The number of aryl methyl sites for hydroxylation is 1. The van der Waals surface area contributed by atoms with Gasteiger partial charge in [0, 0.05) is 0 Å². The molecular formula is C13H18NO6P. The Labute approximate surface area is 122 Å². The fourth-order valence-electron chi connectivity index (χ4n) is 2.09. The van der Waals surface area contributed by atoms with E-state index in [0.717, 1.165) is 12.0 Å². The first kappa shape index (κ1) is 16.0. The number of ether oxygens (including phenoxy) is 1. The Balaban J connectivity index is 2.41. The van der Waals surface area contributed by atoms with Gasteiger partial charge in [0.2, 0.25) is 0 Å². The fourth-order valence-corrected chi connectivity index (χ4v) is 2.36.